The maximum Gasteiger partial charge on any atom is 0.228 e. The zero-order valence-corrected chi connectivity index (χ0v) is 14.3. The molecule has 0 fully saturated rings. The molecular weight excluding hydrogens is 335 g/mol. The number of anilines is 1. The van der Waals surface area contributed by atoms with Crippen LogP contribution in [0.1, 0.15) is 5.56 Å². The molecule has 2 aromatic heterocycles. The number of methoxy groups -OCH3 is 1. The molecule has 0 saturated heterocycles. The van der Waals surface area contributed by atoms with Gasteiger partial charge in [-0.15, -0.1) is 11.3 Å². The topological polar surface area (TPSA) is 71.5 Å². The Balaban J connectivity index is 1.70. The number of hydrogen-bond donors (Lipinski definition) is 2. The van der Waals surface area contributed by atoms with Gasteiger partial charge in [-0.1, -0.05) is 5.46 Å². The number of ether oxygens (including phenoxy) is 1. The molecule has 5 nitrogen and oxygen atoms in total. The van der Waals surface area contributed by atoms with Crippen LogP contribution in [-0.2, 0) is 11.2 Å². The molecule has 124 valence electrons. The number of benzene rings is 1. The Morgan fingerprint density at radius 3 is 2.80 bits per heavy atom. The van der Waals surface area contributed by atoms with E-state index in [0.717, 1.165) is 16.1 Å². The van der Waals surface area contributed by atoms with Gasteiger partial charge < -0.3 is 15.2 Å². The van der Waals surface area contributed by atoms with Crippen molar-refractivity contribution < 1.29 is 14.6 Å². The number of aromatic nitrogens is 1. The summed E-state index contributed by atoms with van der Waals surface area (Å²) >= 11 is 1.54. The van der Waals surface area contributed by atoms with Gasteiger partial charge in [0.1, 0.15) is 7.85 Å². The summed E-state index contributed by atoms with van der Waals surface area (Å²) in [5.74, 6) is 0.0370. The number of carbonyl (C=O) groups is 1. The predicted molar refractivity (Wildman–Crippen MR) is 99.9 cm³/mol. The van der Waals surface area contributed by atoms with Crippen LogP contribution in [-0.4, -0.2) is 31.0 Å². The molecule has 0 aliphatic carbocycles. The zero-order chi connectivity index (χ0) is 17.8. The maximum atomic E-state index is 12.3. The molecule has 3 rings (SSSR count). The maximum absolute atomic E-state index is 12.3. The molecule has 1 aromatic carbocycles. The van der Waals surface area contributed by atoms with Crippen molar-refractivity contribution in [3.05, 3.63) is 53.7 Å². The Kier molecular flexibility index (Phi) is 5.04. The third kappa shape index (κ3) is 4.00. The number of nitrogens with one attached hydrogen (secondary N) is 1. The monoisotopic (exact) mass is 350 g/mol. The lowest BCUT2D eigenvalue weighted by molar-refractivity contribution is -0.115. The van der Waals surface area contributed by atoms with Gasteiger partial charge >= 0.3 is 0 Å². The van der Waals surface area contributed by atoms with Crippen LogP contribution in [0.15, 0.2) is 48.1 Å². The number of thiophene rings is 1. The first-order valence-corrected chi connectivity index (χ1v) is 8.39. The highest BCUT2D eigenvalue weighted by Gasteiger charge is 2.12. The summed E-state index contributed by atoms with van der Waals surface area (Å²) in [7, 11) is 7.31. The van der Waals surface area contributed by atoms with Crippen LogP contribution in [0.2, 0.25) is 0 Å². The van der Waals surface area contributed by atoms with Crippen molar-refractivity contribution in [2.24, 2.45) is 0 Å². The number of phenols is 1. The van der Waals surface area contributed by atoms with E-state index in [2.05, 4.69) is 10.3 Å². The number of rotatable bonds is 5. The van der Waals surface area contributed by atoms with Gasteiger partial charge in [-0.25, -0.2) is 0 Å². The van der Waals surface area contributed by atoms with Crippen LogP contribution < -0.4 is 15.5 Å². The van der Waals surface area contributed by atoms with E-state index in [-0.39, 0.29) is 23.8 Å². The van der Waals surface area contributed by atoms with E-state index >= 15 is 0 Å². The number of hydrogen-bond acceptors (Lipinski definition) is 5. The van der Waals surface area contributed by atoms with Gasteiger partial charge in [0, 0.05) is 22.7 Å². The van der Waals surface area contributed by atoms with Gasteiger partial charge in [0.05, 0.1) is 19.2 Å². The number of pyridine rings is 1. The molecule has 0 spiro atoms. The fourth-order valence-electron chi connectivity index (χ4n) is 2.39. The highest BCUT2D eigenvalue weighted by Crippen LogP contribution is 2.29. The van der Waals surface area contributed by atoms with E-state index in [4.69, 9.17) is 12.6 Å². The fourth-order valence-corrected chi connectivity index (χ4v) is 3.24. The molecule has 2 radical (unpaired) electrons. The SMILES string of the molecule is [B]c1cc(O)c(OC)cc1CC(=O)Nc1csc(-c2ccncc2)c1. The van der Waals surface area contributed by atoms with Gasteiger partial charge in [-0.2, -0.15) is 0 Å². The van der Waals surface area contributed by atoms with Crippen molar-refractivity contribution in [3.8, 4) is 21.9 Å². The number of carbonyl (C=O) groups excluding carboxylic acids is 1. The summed E-state index contributed by atoms with van der Waals surface area (Å²) in [6.07, 6.45) is 3.55. The number of nitrogens with zero attached hydrogens (tertiary/aromatic N) is 1. The number of amides is 1. The third-order valence-electron chi connectivity index (χ3n) is 3.64. The van der Waals surface area contributed by atoms with Crippen LogP contribution in [0.5, 0.6) is 11.5 Å². The molecule has 2 heterocycles. The Hall–Kier alpha value is -2.80. The molecule has 0 atom stereocenters. The van der Waals surface area contributed by atoms with Crippen LogP contribution >= 0.6 is 11.3 Å². The summed E-state index contributed by atoms with van der Waals surface area (Å²) in [5.41, 5.74) is 2.71. The molecule has 0 aliphatic heterocycles. The van der Waals surface area contributed by atoms with Gasteiger partial charge in [0.2, 0.25) is 5.91 Å². The molecule has 0 bridgehead atoms. The summed E-state index contributed by atoms with van der Waals surface area (Å²) in [6.45, 7) is 0. The van der Waals surface area contributed by atoms with Crippen LogP contribution in [0.4, 0.5) is 5.69 Å². The van der Waals surface area contributed by atoms with E-state index in [1.165, 1.54) is 13.2 Å². The van der Waals surface area contributed by atoms with Gasteiger partial charge in [-0.3, -0.25) is 9.78 Å². The highest BCUT2D eigenvalue weighted by atomic mass is 32.1. The first kappa shape index (κ1) is 17.0. The standard InChI is InChI=1S/C18H15BN2O3S/c1-24-16-6-12(14(19)9-15(16)22)7-18(23)21-13-8-17(25-10-13)11-2-4-20-5-3-11/h2-6,8-10,22H,7H2,1H3,(H,21,23). The average Bonchev–Trinajstić information content (AvgIpc) is 3.06. The first-order valence-electron chi connectivity index (χ1n) is 7.51. The van der Waals surface area contributed by atoms with Crippen molar-refractivity contribution in [2.75, 3.05) is 12.4 Å². The lowest BCUT2D eigenvalue weighted by Crippen LogP contribution is -2.20. The molecule has 0 unspecified atom stereocenters. The number of aromatic hydroxyl groups is 1. The van der Waals surface area contributed by atoms with Crippen LogP contribution in [0.25, 0.3) is 10.4 Å². The number of phenolic OH excluding ortho intramolecular Hbond substituents is 1. The highest BCUT2D eigenvalue weighted by molar-refractivity contribution is 7.14. The second-order valence-corrected chi connectivity index (χ2v) is 6.29. The third-order valence-corrected chi connectivity index (χ3v) is 4.62. The molecule has 25 heavy (non-hydrogen) atoms. The van der Waals surface area contributed by atoms with Crippen molar-refractivity contribution in [1.82, 2.24) is 4.98 Å². The normalized spacial score (nSPS) is 10.4. The second kappa shape index (κ2) is 7.40. The Labute approximate surface area is 150 Å². The molecule has 3 aromatic rings. The van der Waals surface area contributed by atoms with Gasteiger partial charge in [0.15, 0.2) is 11.5 Å². The van der Waals surface area contributed by atoms with Gasteiger partial charge in [0.25, 0.3) is 0 Å². The van der Waals surface area contributed by atoms with E-state index in [1.807, 2.05) is 23.6 Å². The fraction of sp³-hybridized carbons (Fsp3) is 0.111. The van der Waals surface area contributed by atoms with E-state index in [9.17, 15) is 9.90 Å². The largest absolute Gasteiger partial charge is 0.504 e. The first-order chi connectivity index (χ1) is 12.1. The minimum Gasteiger partial charge on any atom is -0.504 e. The lowest BCUT2D eigenvalue weighted by Gasteiger charge is -2.10. The van der Waals surface area contributed by atoms with E-state index < -0.39 is 0 Å². The average molecular weight is 350 g/mol. The predicted octanol–water partition coefficient (Wildman–Crippen LogP) is 2.50. The zero-order valence-electron chi connectivity index (χ0n) is 13.5. The molecular formula is C18H15BN2O3S. The molecule has 2 N–H and O–H groups in total. The lowest BCUT2D eigenvalue weighted by atomic mass is 9.88. The summed E-state index contributed by atoms with van der Waals surface area (Å²) < 4.78 is 5.05. The van der Waals surface area contributed by atoms with Crippen molar-refractivity contribution in [1.29, 1.82) is 0 Å². The summed E-state index contributed by atoms with van der Waals surface area (Å²) in [5, 5.41) is 14.4. The minimum atomic E-state index is -0.196. The molecule has 0 saturated carbocycles. The van der Waals surface area contributed by atoms with Crippen molar-refractivity contribution in [3.63, 3.8) is 0 Å². The molecule has 7 heteroatoms. The smallest absolute Gasteiger partial charge is 0.228 e. The van der Waals surface area contributed by atoms with Crippen molar-refractivity contribution >= 4 is 36.2 Å². The van der Waals surface area contributed by atoms with Crippen LogP contribution in [0, 0.1) is 0 Å². The molecule has 0 aliphatic rings. The van der Waals surface area contributed by atoms with E-state index in [1.54, 1.807) is 29.8 Å². The van der Waals surface area contributed by atoms with E-state index in [0.29, 0.717) is 11.0 Å². The second-order valence-electron chi connectivity index (χ2n) is 5.38. The summed E-state index contributed by atoms with van der Waals surface area (Å²) in [4.78, 5) is 17.3. The quantitative estimate of drug-likeness (QED) is 0.694. The Morgan fingerprint density at radius 1 is 1.32 bits per heavy atom. The Bertz CT molecular complexity index is 897. The molecule has 1 amide bonds. The minimum absolute atomic E-state index is 0.0519. The summed E-state index contributed by atoms with van der Waals surface area (Å²) in [6, 6.07) is 8.70. The van der Waals surface area contributed by atoms with Gasteiger partial charge in [-0.05, 0) is 41.5 Å². The Morgan fingerprint density at radius 2 is 2.08 bits per heavy atom. The van der Waals surface area contributed by atoms with Crippen molar-refractivity contribution in [2.45, 2.75) is 6.42 Å². The van der Waals surface area contributed by atoms with Crippen LogP contribution in [0.3, 0.4) is 0 Å².